The number of hydrogen-bond acceptors (Lipinski definition) is 3. The van der Waals surface area contributed by atoms with Crippen LogP contribution in [0, 0.1) is 5.41 Å². The average Bonchev–Trinajstić information content (AvgIpc) is 2.28. The van der Waals surface area contributed by atoms with E-state index in [1.54, 1.807) is 25.3 Å². The van der Waals surface area contributed by atoms with Crippen molar-refractivity contribution >= 4 is 17.4 Å². The number of hydrogen-bond donors (Lipinski definition) is 1. The molecule has 17 heavy (non-hydrogen) atoms. The zero-order chi connectivity index (χ0) is 13.1. The van der Waals surface area contributed by atoms with Crippen LogP contribution in [0.4, 0.5) is 0 Å². The normalized spacial score (nSPS) is 11.4. The Balaban J connectivity index is 2.87. The van der Waals surface area contributed by atoms with Crippen LogP contribution in [0.2, 0.25) is 5.02 Å². The number of carbonyl (C=O) groups excluding carboxylic acids is 1. The van der Waals surface area contributed by atoms with Gasteiger partial charge in [-0.15, -0.1) is 0 Å². The minimum absolute atomic E-state index is 0.0463. The summed E-state index contributed by atoms with van der Waals surface area (Å²) in [5.41, 5.74) is 6.01. The summed E-state index contributed by atoms with van der Waals surface area (Å²) in [6.45, 7) is 4.41. The SMILES string of the molecule is COc1ccc(C(=O)CC(C)(C)CN)cc1Cl. The first kappa shape index (κ1) is 14.0. The first-order valence-corrected chi connectivity index (χ1v) is 5.84. The van der Waals surface area contributed by atoms with Gasteiger partial charge in [-0.2, -0.15) is 0 Å². The topological polar surface area (TPSA) is 52.3 Å². The zero-order valence-corrected chi connectivity index (χ0v) is 11.2. The van der Waals surface area contributed by atoms with Crippen molar-refractivity contribution in [1.29, 1.82) is 0 Å². The summed E-state index contributed by atoms with van der Waals surface area (Å²) in [6, 6.07) is 5.06. The summed E-state index contributed by atoms with van der Waals surface area (Å²) in [5.74, 6) is 0.617. The van der Waals surface area contributed by atoms with E-state index in [0.717, 1.165) is 0 Å². The van der Waals surface area contributed by atoms with E-state index in [0.29, 0.717) is 29.3 Å². The van der Waals surface area contributed by atoms with E-state index in [2.05, 4.69) is 0 Å². The summed E-state index contributed by atoms with van der Waals surface area (Å²) < 4.78 is 5.04. The lowest BCUT2D eigenvalue weighted by molar-refractivity contribution is 0.0935. The number of carbonyl (C=O) groups is 1. The van der Waals surface area contributed by atoms with E-state index in [-0.39, 0.29) is 11.2 Å². The monoisotopic (exact) mass is 255 g/mol. The number of ketones is 1. The Morgan fingerprint density at radius 3 is 2.59 bits per heavy atom. The Kier molecular flexibility index (Phi) is 4.54. The number of rotatable bonds is 5. The fraction of sp³-hybridized carbons (Fsp3) is 0.462. The molecule has 1 aromatic rings. The third-order valence-electron chi connectivity index (χ3n) is 2.67. The largest absolute Gasteiger partial charge is 0.495 e. The Bertz CT molecular complexity index is 416. The Hall–Kier alpha value is -1.06. The highest BCUT2D eigenvalue weighted by atomic mass is 35.5. The van der Waals surface area contributed by atoms with E-state index in [9.17, 15) is 4.79 Å². The number of nitrogens with two attached hydrogens (primary N) is 1. The quantitative estimate of drug-likeness (QED) is 0.823. The number of halogens is 1. The first-order valence-electron chi connectivity index (χ1n) is 5.46. The molecule has 1 aromatic carbocycles. The highest BCUT2D eigenvalue weighted by molar-refractivity contribution is 6.32. The van der Waals surface area contributed by atoms with E-state index < -0.39 is 0 Å². The fourth-order valence-corrected chi connectivity index (χ4v) is 1.71. The summed E-state index contributed by atoms with van der Waals surface area (Å²) in [4.78, 5) is 12.0. The molecule has 0 aliphatic rings. The van der Waals surface area contributed by atoms with Gasteiger partial charge in [-0.05, 0) is 30.2 Å². The first-order chi connectivity index (χ1) is 7.89. The summed E-state index contributed by atoms with van der Waals surface area (Å²) >= 11 is 5.98. The minimum atomic E-state index is -0.191. The molecular formula is C13H18ClNO2. The fourth-order valence-electron chi connectivity index (χ4n) is 1.45. The molecule has 0 unspecified atom stereocenters. The third-order valence-corrected chi connectivity index (χ3v) is 2.96. The van der Waals surface area contributed by atoms with Gasteiger partial charge in [0.05, 0.1) is 12.1 Å². The highest BCUT2D eigenvalue weighted by Crippen LogP contribution is 2.27. The van der Waals surface area contributed by atoms with E-state index in [1.165, 1.54) is 0 Å². The van der Waals surface area contributed by atoms with Gasteiger partial charge in [-0.3, -0.25) is 4.79 Å². The molecule has 0 spiro atoms. The van der Waals surface area contributed by atoms with Gasteiger partial charge in [-0.1, -0.05) is 25.4 Å². The molecule has 2 N–H and O–H groups in total. The van der Waals surface area contributed by atoms with Gasteiger partial charge in [0.25, 0.3) is 0 Å². The van der Waals surface area contributed by atoms with Gasteiger partial charge >= 0.3 is 0 Å². The van der Waals surface area contributed by atoms with Crippen LogP contribution in [-0.4, -0.2) is 19.4 Å². The molecule has 0 heterocycles. The lowest BCUT2D eigenvalue weighted by atomic mass is 9.86. The molecular weight excluding hydrogens is 238 g/mol. The van der Waals surface area contributed by atoms with Crippen LogP contribution in [0.1, 0.15) is 30.6 Å². The molecule has 0 atom stereocenters. The van der Waals surface area contributed by atoms with Gasteiger partial charge in [0, 0.05) is 12.0 Å². The molecule has 1 rings (SSSR count). The molecule has 0 radical (unpaired) electrons. The van der Waals surface area contributed by atoms with Crippen molar-refractivity contribution in [2.75, 3.05) is 13.7 Å². The molecule has 0 aromatic heterocycles. The molecule has 0 fully saturated rings. The van der Waals surface area contributed by atoms with Crippen molar-refractivity contribution in [2.45, 2.75) is 20.3 Å². The smallest absolute Gasteiger partial charge is 0.163 e. The average molecular weight is 256 g/mol. The summed E-state index contributed by atoms with van der Waals surface area (Å²) in [5, 5.41) is 0.448. The number of Topliss-reactive ketones (excluding diaryl/α,β-unsaturated/α-hetero) is 1. The van der Waals surface area contributed by atoms with Gasteiger partial charge in [0.2, 0.25) is 0 Å². The van der Waals surface area contributed by atoms with Crippen LogP contribution >= 0.6 is 11.6 Å². The van der Waals surface area contributed by atoms with Gasteiger partial charge in [-0.25, -0.2) is 0 Å². The molecule has 94 valence electrons. The predicted octanol–water partition coefficient (Wildman–Crippen LogP) is 2.91. The van der Waals surface area contributed by atoms with Crippen LogP contribution in [0.5, 0.6) is 5.75 Å². The third kappa shape index (κ3) is 3.72. The van der Waals surface area contributed by atoms with Crippen molar-refractivity contribution in [3.05, 3.63) is 28.8 Å². The van der Waals surface area contributed by atoms with Crippen LogP contribution in [0.15, 0.2) is 18.2 Å². The van der Waals surface area contributed by atoms with Gasteiger partial charge < -0.3 is 10.5 Å². The molecule has 0 aliphatic carbocycles. The maximum Gasteiger partial charge on any atom is 0.163 e. The van der Waals surface area contributed by atoms with Crippen molar-refractivity contribution < 1.29 is 9.53 Å². The van der Waals surface area contributed by atoms with E-state index in [1.807, 2.05) is 13.8 Å². The number of benzene rings is 1. The number of ether oxygens (including phenoxy) is 1. The maximum atomic E-state index is 12.0. The summed E-state index contributed by atoms with van der Waals surface area (Å²) in [7, 11) is 1.54. The Morgan fingerprint density at radius 1 is 1.47 bits per heavy atom. The van der Waals surface area contributed by atoms with Gasteiger partial charge in [0.1, 0.15) is 5.75 Å². The van der Waals surface area contributed by atoms with E-state index in [4.69, 9.17) is 22.1 Å². The Morgan fingerprint density at radius 2 is 2.12 bits per heavy atom. The second kappa shape index (κ2) is 5.52. The highest BCUT2D eigenvalue weighted by Gasteiger charge is 2.21. The van der Waals surface area contributed by atoms with Crippen LogP contribution < -0.4 is 10.5 Å². The molecule has 0 saturated heterocycles. The second-order valence-corrected chi connectivity index (χ2v) is 5.22. The van der Waals surface area contributed by atoms with Crippen molar-refractivity contribution in [3.63, 3.8) is 0 Å². The molecule has 0 amide bonds. The molecule has 4 heteroatoms. The van der Waals surface area contributed by atoms with Crippen LogP contribution in [0.3, 0.4) is 0 Å². The van der Waals surface area contributed by atoms with Crippen molar-refractivity contribution in [2.24, 2.45) is 11.1 Å². The van der Waals surface area contributed by atoms with Crippen LogP contribution in [-0.2, 0) is 0 Å². The maximum absolute atomic E-state index is 12.0. The van der Waals surface area contributed by atoms with Crippen LogP contribution in [0.25, 0.3) is 0 Å². The predicted molar refractivity (Wildman–Crippen MR) is 69.8 cm³/mol. The van der Waals surface area contributed by atoms with Gasteiger partial charge in [0.15, 0.2) is 5.78 Å². The molecule has 0 saturated carbocycles. The van der Waals surface area contributed by atoms with Crippen molar-refractivity contribution in [1.82, 2.24) is 0 Å². The second-order valence-electron chi connectivity index (χ2n) is 4.82. The van der Waals surface area contributed by atoms with E-state index >= 15 is 0 Å². The number of methoxy groups -OCH3 is 1. The lowest BCUT2D eigenvalue weighted by Crippen LogP contribution is -2.26. The van der Waals surface area contributed by atoms with Crippen molar-refractivity contribution in [3.8, 4) is 5.75 Å². The molecule has 0 bridgehead atoms. The molecule has 0 aliphatic heterocycles. The zero-order valence-electron chi connectivity index (χ0n) is 10.4. The molecule has 3 nitrogen and oxygen atoms in total. The lowest BCUT2D eigenvalue weighted by Gasteiger charge is -2.21. The minimum Gasteiger partial charge on any atom is -0.495 e. The summed E-state index contributed by atoms with van der Waals surface area (Å²) in [6.07, 6.45) is 0.409. The Labute approximate surface area is 107 Å². The standard InChI is InChI=1S/C13H18ClNO2/c1-13(2,8-15)7-11(16)9-4-5-12(17-3)10(14)6-9/h4-6H,7-8,15H2,1-3H3.